The lowest BCUT2D eigenvalue weighted by atomic mass is 9.95. The number of nitrogens with one attached hydrogen (secondary N) is 5. The maximum Gasteiger partial charge on any atom is 0.255 e. The molecule has 0 radical (unpaired) electrons. The number of hydrazone groups is 1. The fraction of sp³-hybridized carbons (Fsp3) is 0.217. The molecule has 4 heterocycles. The molecule has 1 atom stereocenters. The summed E-state index contributed by atoms with van der Waals surface area (Å²) in [7, 11) is 0. The molecule has 1 saturated heterocycles. The second-order valence-corrected chi connectivity index (χ2v) is 15.8. The predicted molar refractivity (Wildman–Crippen MR) is 244 cm³/mol. The molecule has 7 N–H and O–H groups in total. The smallest absolute Gasteiger partial charge is 0.255 e. The van der Waals surface area contributed by atoms with Crippen LogP contribution in [-0.2, 0) is 27.5 Å². The van der Waals surface area contributed by atoms with Crippen LogP contribution in [0.2, 0.25) is 5.02 Å². The van der Waals surface area contributed by atoms with Crippen molar-refractivity contribution < 1.29 is 32.8 Å². The lowest BCUT2D eigenvalue weighted by Gasteiger charge is -2.29. The first-order valence-electron chi connectivity index (χ1n) is 20.8. The highest BCUT2D eigenvalue weighted by atomic mass is 35.5. The monoisotopic (exact) mass is 914 g/mol. The summed E-state index contributed by atoms with van der Waals surface area (Å²) >= 11 is 6.34. The van der Waals surface area contributed by atoms with E-state index in [4.69, 9.17) is 22.4 Å². The van der Waals surface area contributed by atoms with E-state index in [1.165, 1.54) is 29.3 Å². The van der Waals surface area contributed by atoms with E-state index in [0.717, 1.165) is 0 Å². The number of hydrogen-bond donors (Lipinski definition) is 6. The van der Waals surface area contributed by atoms with Crippen molar-refractivity contribution in [3.63, 3.8) is 0 Å². The highest BCUT2D eigenvalue weighted by Crippen LogP contribution is 2.35. The Morgan fingerprint density at radius 1 is 0.970 bits per heavy atom. The number of anilines is 3. The van der Waals surface area contributed by atoms with Crippen molar-refractivity contribution in [3.8, 4) is 11.3 Å². The minimum atomic E-state index is -0.754. The molecule has 5 amide bonds. The molecule has 17 nitrogen and oxygen atoms in total. The van der Waals surface area contributed by atoms with Crippen molar-refractivity contribution in [2.24, 2.45) is 20.9 Å². The van der Waals surface area contributed by atoms with Gasteiger partial charge in [-0.2, -0.15) is 5.10 Å². The second-order valence-electron chi connectivity index (χ2n) is 15.3. The van der Waals surface area contributed by atoms with E-state index >= 15 is 0 Å². The van der Waals surface area contributed by atoms with Crippen molar-refractivity contribution in [1.82, 2.24) is 30.8 Å². The van der Waals surface area contributed by atoms with E-state index in [-0.39, 0.29) is 79.7 Å². The Morgan fingerprint density at radius 3 is 2.53 bits per heavy atom. The molecule has 0 bridgehead atoms. The molecular weight excluding hydrogens is 874 g/mol. The summed E-state index contributed by atoms with van der Waals surface area (Å²) in [4.78, 5) is 82.3. The zero-order chi connectivity index (χ0) is 46.3. The first-order chi connectivity index (χ1) is 32.0. The number of piperidine rings is 1. The molecule has 66 heavy (non-hydrogen) atoms. The number of carbonyl (C=O) groups is 5. The summed E-state index contributed by atoms with van der Waals surface area (Å²) in [6, 6.07) is 19.5. The third-order valence-corrected chi connectivity index (χ3v) is 11.2. The molecule has 1 fully saturated rings. The maximum atomic E-state index is 14.9. The van der Waals surface area contributed by atoms with Gasteiger partial charge in [0.15, 0.2) is 0 Å². The zero-order valence-electron chi connectivity index (χ0n) is 35.0. The van der Waals surface area contributed by atoms with Gasteiger partial charge in [-0.1, -0.05) is 29.8 Å². The Balaban J connectivity index is 0.776. The number of nitrogens with zero attached hydrogens (tertiary/aromatic N) is 6. The Hall–Kier alpha value is -7.77. The molecule has 1 aromatic heterocycles. The van der Waals surface area contributed by atoms with Crippen LogP contribution in [0.5, 0.6) is 0 Å². The van der Waals surface area contributed by atoms with Gasteiger partial charge in [0.25, 0.3) is 11.8 Å². The lowest BCUT2D eigenvalue weighted by molar-refractivity contribution is -0.137. The van der Waals surface area contributed by atoms with Crippen molar-refractivity contribution in [2.75, 3.05) is 36.8 Å². The third kappa shape index (κ3) is 9.96. The molecule has 20 heteroatoms. The number of halogens is 3. The topological polar surface area (TPSA) is 238 Å². The van der Waals surface area contributed by atoms with Gasteiger partial charge in [-0.05, 0) is 67.1 Å². The molecule has 0 saturated carbocycles. The number of aromatic nitrogens is 2. The standard InChI is InChI=1S/C46H41ClF2N12O5/c47-27-9-12-30-32(19-27)42(40-34(48)4-2-5-35(40)49)53-20-26-21-55-46(59-41(26)30)56-28-10-7-25(8-11-28)43(64)54-23-29(60-50)22-52-18-17-51-16-15-39(63)57-36-6-1-3-31-33(36)24-61(45(31)66)37-13-14-38(62)58-44(37)65/h1-12,19,21-22,37,51H,13-18,20,23-24,50H2,(H,54,64)(H,57,63)(H,55,56,59)(H,58,62,65). The number of fused-ring (bicyclic) bond motifs is 4. The molecular formula is C46H41ClF2N12O5. The molecule has 5 aromatic rings. The van der Waals surface area contributed by atoms with Crippen LogP contribution in [0.25, 0.3) is 11.3 Å². The van der Waals surface area contributed by atoms with Crippen LogP contribution in [0.15, 0.2) is 100 Å². The summed E-state index contributed by atoms with van der Waals surface area (Å²) < 4.78 is 29.9. The number of aliphatic imine (C=N–C) groups is 2. The third-order valence-electron chi connectivity index (χ3n) is 11.0. The highest BCUT2D eigenvalue weighted by molar-refractivity contribution is 6.32. The van der Waals surface area contributed by atoms with Gasteiger partial charge < -0.3 is 32.0 Å². The van der Waals surface area contributed by atoms with E-state index in [1.54, 1.807) is 66.9 Å². The van der Waals surface area contributed by atoms with Gasteiger partial charge in [-0.15, -0.1) is 0 Å². The van der Waals surface area contributed by atoms with E-state index < -0.39 is 23.6 Å². The molecule has 0 aliphatic carbocycles. The summed E-state index contributed by atoms with van der Waals surface area (Å²) in [5.41, 5.74) is 4.79. The average molecular weight is 915 g/mol. The fourth-order valence-corrected chi connectivity index (χ4v) is 7.88. The minimum absolute atomic E-state index is 0.0111. The Kier molecular flexibility index (Phi) is 13.6. The van der Waals surface area contributed by atoms with Crippen molar-refractivity contribution in [3.05, 3.63) is 135 Å². The van der Waals surface area contributed by atoms with Crippen LogP contribution in [0.1, 0.15) is 62.2 Å². The minimum Gasteiger partial charge on any atom is -0.346 e. The Bertz CT molecular complexity index is 2840. The molecule has 4 aromatic carbocycles. The van der Waals surface area contributed by atoms with Crippen LogP contribution in [-0.4, -0.2) is 94.3 Å². The van der Waals surface area contributed by atoms with Gasteiger partial charge in [-0.3, -0.25) is 39.3 Å². The maximum absolute atomic E-state index is 14.9. The zero-order valence-corrected chi connectivity index (χ0v) is 35.8. The first-order valence-corrected chi connectivity index (χ1v) is 21.2. The van der Waals surface area contributed by atoms with Crippen LogP contribution in [0.4, 0.5) is 26.1 Å². The van der Waals surface area contributed by atoms with Crippen LogP contribution < -0.4 is 32.4 Å². The molecule has 1 unspecified atom stereocenters. The lowest BCUT2D eigenvalue weighted by Crippen LogP contribution is -2.52. The number of carbonyl (C=O) groups excluding carboxylic acids is 5. The van der Waals surface area contributed by atoms with Gasteiger partial charge in [0.05, 0.1) is 42.3 Å². The average Bonchev–Trinajstić information content (AvgIpc) is 3.56. The molecule has 3 aliphatic heterocycles. The summed E-state index contributed by atoms with van der Waals surface area (Å²) in [5, 5.41) is 18.3. The number of amides is 5. The normalized spacial score (nSPS) is 15.7. The van der Waals surface area contributed by atoms with Gasteiger partial charge in [0, 0.05) is 94.7 Å². The molecule has 336 valence electrons. The first kappa shape index (κ1) is 44.8. The van der Waals surface area contributed by atoms with Gasteiger partial charge in [-0.25, -0.2) is 18.7 Å². The largest absolute Gasteiger partial charge is 0.346 e. The molecule has 0 spiro atoms. The quantitative estimate of drug-likeness (QED) is 0.0279. The second kappa shape index (κ2) is 20.0. The van der Waals surface area contributed by atoms with Crippen molar-refractivity contribution >= 4 is 76.1 Å². The van der Waals surface area contributed by atoms with Gasteiger partial charge in [0.1, 0.15) is 17.7 Å². The summed E-state index contributed by atoms with van der Waals surface area (Å²) in [6.07, 6.45) is 3.58. The van der Waals surface area contributed by atoms with Crippen LogP contribution >= 0.6 is 11.6 Å². The Labute approximate surface area is 381 Å². The van der Waals surface area contributed by atoms with Crippen LogP contribution in [0, 0.1) is 11.6 Å². The number of hydrogen-bond acceptors (Lipinski definition) is 13. The Morgan fingerprint density at radius 2 is 1.76 bits per heavy atom. The number of benzene rings is 4. The van der Waals surface area contributed by atoms with Crippen molar-refractivity contribution in [2.45, 2.75) is 38.4 Å². The number of imide groups is 1. The fourth-order valence-electron chi connectivity index (χ4n) is 7.71. The van der Waals surface area contributed by atoms with Crippen molar-refractivity contribution in [1.29, 1.82) is 0 Å². The van der Waals surface area contributed by atoms with E-state index in [0.29, 0.717) is 80.8 Å². The van der Waals surface area contributed by atoms with Gasteiger partial charge in [0.2, 0.25) is 23.7 Å². The highest BCUT2D eigenvalue weighted by Gasteiger charge is 2.40. The number of nitrogens with two attached hydrogens (primary N) is 1. The molecule has 8 rings (SSSR count). The SMILES string of the molecule is NN=C(C=NCCNCCC(=O)Nc1cccc2c1CN(C1CCC(=O)NC1=O)C2=O)CNC(=O)c1ccc(Nc2ncc3c(n2)-c2ccc(Cl)cc2C(c2c(F)cccc2F)=NC3)cc1. The number of rotatable bonds is 15. The van der Waals surface area contributed by atoms with E-state index in [1.807, 2.05) is 0 Å². The molecule has 3 aliphatic rings. The summed E-state index contributed by atoms with van der Waals surface area (Å²) in [6.45, 7) is 1.35. The van der Waals surface area contributed by atoms with Crippen LogP contribution in [0.3, 0.4) is 0 Å². The predicted octanol–water partition coefficient (Wildman–Crippen LogP) is 4.66. The van der Waals surface area contributed by atoms with E-state index in [2.05, 4.69) is 46.7 Å². The van der Waals surface area contributed by atoms with Gasteiger partial charge >= 0.3 is 0 Å². The summed E-state index contributed by atoms with van der Waals surface area (Å²) in [5.74, 6) is 2.44. The van der Waals surface area contributed by atoms with E-state index in [9.17, 15) is 32.8 Å².